The summed E-state index contributed by atoms with van der Waals surface area (Å²) in [5, 5.41) is 3.46. The van der Waals surface area contributed by atoms with E-state index >= 15 is 0 Å². The molecule has 0 aliphatic carbocycles. The highest BCUT2D eigenvalue weighted by Crippen LogP contribution is 2.22. The van der Waals surface area contributed by atoms with Crippen molar-refractivity contribution in [3.63, 3.8) is 0 Å². The summed E-state index contributed by atoms with van der Waals surface area (Å²) in [5.41, 5.74) is 6.96. The smallest absolute Gasteiger partial charge is 0.0358 e. The van der Waals surface area contributed by atoms with Crippen molar-refractivity contribution in [3.05, 3.63) is 70.3 Å². The van der Waals surface area contributed by atoms with E-state index in [4.69, 9.17) is 0 Å². The van der Waals surface area contributed by atoms with Crippen LogP contribution < -0.4 is 5.32 Å². The summed E-state index contributed by atoms with van der Waals surface area (Å²) in [6.45, 7) is 6.59. The maximum Gasteiger partial charge on any atom is 0.0358 e. The van der Waals surface area contributed by atoms with Crippen LogP contribution in [0.15, 0.2) is 42.5 Å². The third-order valence-electron chi connectivity index (χ3n) is 4.20. The van der Waals surface area contributed by atoms with Crippen molar-refractivity contribution < 1.29 is 0 Å². The molecule has 0 saturated heterocycles. The van der Waals surface area contributed by atoms with Gasteiger partial charge in [0.2, 0.25) is 0 Å². The molecule has 21 heavy (non-hydrogen) atoms. The monoisotopic (exact) mass is 281 g/mol. The van der Waals surface area contributed by atoms with E-state index in [1.54, 1.807) is 0 Å². The van der Waals surface area contributed by atoms with Crippen molar-refractivity contribution in [2.45, 2.75) is 46.1 Å². The summed E-state index contributed by atoms with van der Waals surface area (Å²) < 4.78 is 0. The van der Waals surface area contributed by atoms with E-state index in [0.29, 0.717) is 6.04 Å². The molecule has 0 fully saturated rings. The zero-order chi connectivity index (χ0) is 15.2. The van der Waals surface area contributed by atoms with Crippen molar-refractivity contribution >= 4 is 0 Å². The Morgan fingerprint density at radius 1 is 1.00 bits per heavy atom. The SMILES string of the molecule is CCCc1ccc(C(Cc2cc(C)ccc2C)NC)cc1. The Kier molecular flexibility index (Phi) is 5.58. The van der Waals surface area contributed by atoms with Crippen molar-refractivity contribution in [3.8, 4) is 0 Å². The minimum Gasteiger partial charge on any atom is -0.313 e. The summed E-state index contributed by atoms with van der Waals surface area (Å²) in [5.74, 6) is 0. The van der Waals surface area contributed by atoms with Crippen LogP contribution in [0.3, 0.4) is 0 Å². The number of hydrogen-bond donors (Lipinski definition) is 1. The maximum atomic E-state index is 3.46. The molecule has 1 heteroatoms. The topological polar surface area (TPSA) is 12.0 Å². The van der Waals surface area contributed by atoms with Gasteiger partial charge in [-0.25, -0.2) is 0 Å². The molecule has 0 saturated carbocycles. The third-order valence-corrected chi connectivity index (χ3v) is 4.20. The Morgan fingerprint density at radius 3 is 2.33 bits per heavy atom. The van der Waals surface area contributed by atoms with Crippen molar-refractivity contribution in [2.24, 2.45) is 0 Å². The quantitative estimate of drug-likeness (QED) is 0.805. The normalized spacial score (nSPS) is 12.4. The van der Waals surface area contributed by atoms with Gasteiger partial charge in [-0.3, -0.25) is 0 Å². The molecule has 1 unspecified atom stereocenters. The van der Waals surface area contributed by atoms with Crippen LogP contribution in [0, 0.1) is 13.8 Å². The molecule has 0 bridgehead atoms. The average molecular weight is 281 g/mol. The lowest BCUT2D eigenvalue weighted by molar-refractivity contribution is 0.590. The zero-order valence-corrected chi connectivity index (χ0v) is 13.7. The van der Waals surface area contributed by atoms with Crippen molar-refractivity contribution in [2.75, 3.05) is 7.05 Å². The number of likely N-dealkylation sites (N-methyl/N-ethyl adjacent to an activating group) is 1. The molecule has 2 rings (SSSR count). The Balaban J connectivity index is 2.17. The van der Waals surface area contributed by atoms with E-state index in [9.17, 15) is 0 Å². The van der Waals surface area contributed by atoms with Crippen LogP contribution in [0.2, 0.25) is 0 Å². The van der Waals surface area contributed by atoms with E-state index in [1.807, 2.05) is 0 Å². The molecule has 0 aliphatic rings. The lowest BCUT2D eigenvalue weighted by atomic mass is 9.94. The van der Waals surface area contributed by atoms with Gasteiger partial charge in [0.1, 0.15) is 0 Å². The molecule has 112 valence electrons. The maximum absolute atomic E-state index is 3.46. The van der Waals surface area contributed by atoms with Gasteiger partial charge in [0.25, 0.3) is 0 Å². The van der Waals surface area contributed by atoms with Gasteiger partial charge in [0.15, 0.2) is 0 Å². The molecule has 0 aliphatic heterocycles. The molecule has 0 amide bonds. The average Bonchev–Trinajstić information content (AvgIpc) is 2.49. The summed E-state index contributed by atoms with van der Waals surface area (Å²) in [6.07, 6.45) is 3.41. The largest absolute Gasteiger partial charge is 0.313 e. The first-order chi connectivity index (χ1) is 10.1. The van der Waals surface area contributed by atoms with Crippen LogP contribution in [0.1, 0.15) is 47.2 Å². The third kappa shape index (κ3) is 4.18. The van der Waals surface area contributed by atoms with Gasteiger partial charge in [-0.2, -0.15) is 0 Å². The first-order valence-electron chi connectivity index (χ1n) is 7.96. The predicted molar refractivity (Wildman–Crippen MR) is 91.9 cm³/mol. The number of nitrogens with one attached hydrogen (secondary N) is 1. The highest BCUT2D eigenvalue weighted by atomic mass is 14.9. The number of hydrogen-bond acceptors (Lipinski definition) is 1. The van der Waals surface area contributed by atoms with Gasteiger partial charge in [-0.1, -0.05) is 61.4 Å². The molecule has 0 aromatic heterocycles. The fourth-order valence-corrected chi connectivity index (χ4v) is 2.83. The molecule has 1 atom stereocenters. The van der Waals surface area contributed by atoms with E-state index in [0.717, 1.165) is 6.42 Å². The fourth-order valence-electron chi connectivity index (χ4n) is 2.83. The van der Waals surface area contributed by atoms with E-state index in [-0.39, 0.29) is 0 Å². The van der Waals surface area contributed by atoms with Gasteiger partial charge in [0.05, 0.1) is 0 Å². The van der Waals surface area contributed by atoms with Crippen LogP contribution in [0.25, 0.3) is 0 Å². The standard InChI is InChI=1S/C20H27N/c1-5-6-17-9-11-18(12-10-17)20(21-4)14-19-13-15(2)7-8-16(19)3/h7-13,20-21H,5-6,14H2,1-4H3. The highest BCUT2D eigenvalue weighted by molar-refractivity contribution is 5.33. The van der Waals surface area contributed by atoms with Crippen LogP contribution in [0.5, 0.6) is 0 Å². The summed E-state index contributed by atoms with van der Waals surface area (Å²) in [7, 11) is 2.05. The summed E-state index contributed by atoms with van der Waals surface area (Å²) in [4.78, 5) is 0. The zero-order valence-electron chi connectivity index (χ0n) is 13.7. The highest BCUT2D eigenvalue weighted by Gasteiger charge is 2.11. The Bertz CT molecular complexity index is 569. The molecule has 1 nitrogen and oxygen atoms in total. The number of aryl methyl sites for hydroxylation is 3. The molecule has 2 aromatic carbocycles. The summed E-state index contributed by atoms with van der Waals surface area (Å²) >= 11 is 0. The van der Waals surface area contributed by atoms with E-state index < -0.39 is 0 Å². The van der Waals surface area contributed by atoms with Gasteiger partial charge in [-0.15, -0.1) is 0 Å². The second-order valence-corrected chi connectivity index (χ2v) is 5.97. The second-order valence-electron chi connectivity index (χ2n) is 5.97. The predicted octanol–water partition coefficient (Wildman–Crippen LogP) is 4.76. The second kappa shape index (κ2) is 7.42. The minimum absolute atomic E-state index is 0.376. The van der Waals surface area contributed by atoms with Gasteiger partial charge in [-0.05, 0) is 56.0 Å². The molecule has 0 spiro atoms. The van der Waals surface area contributed by atoms with Gasteiger partial charge < -0.3 is 5.32 Å². The molecule has 1 N–H and O–H groups in total. The lowest BCUT2D eigenvalue weighted by Gasteiger charge is -2.19. The number of rotatable bonds is 6. The Morgan fingerprint density at radius 2 is 1.71 bits per heavy atom. The van der Waals surface area contributed by atoms with Crippen LogP contribution in [0.4, 0.5) is 0 Å². The molecule has 2 aromatic rings. The van der Waals surface area contributed by atoms with Crippen LogP contribution in [-0.4, -0.2) is 7.05 Å². The Labute approximate surface area is 129 Å². The number of benzene rings is 2. The van der Waals surface area contributed by atoms with Crippen LogP contribution in [-0.2, 0) is 12.8 Å². The summed E-state index contributed by atoms with van der Waals surface area (Å²) in [6, 6.07) is 16.2. The van der Waals surface area contributed by atoms with E-state index in [1.165, 1.54) is 40.7 Å². The van der Waals surface area contributed by atoms with Crippen molar-refractivity contribution in [1.29, 1.82) is 0 Å². The van der Waals surface area contributed by atoms with Gasteiger partial charge in [0, 0.05) is 6.04 Å². The minimum atomic E-state index is 0.376. The molecule has 0 radical (unpaired) electrons. The first-order valence-corrected chi connectivity index (χ1v) is 7.96. The van der Waals surface area contributed by atoms with E-state index in [2.05, 4.69) is 75.6 Å². The molecular formula is C20H27N. The molecular weight excluding hydrogens is 254 g/mol. The van der Waals surface area contributed by atoms with Crippen LogP contribution >= 0.6 is 0 Å². The Hall–Kier alpha value is -1.60. The lowest BCUT2D eigenvalue weighted by Crippen LogP contribution is -2.19. The fraction of sp³-hybridized carbons (Fsp3) is 0.400. The van der Waals surface area contributed by atoms with Crippen molar-refractivity contribution in [1.82, 2.24) is 5.32 Å². The first kappa shape index (κ1) is 15.8. The molecule has 0 heterocycles. The van der Waals surface area contributed by atoms with Gasteiger partial charge >= 0.3 is 0 Å².